The Hall–Kier alpha value is -2.20. The van der Waals surface area contributed by atoms with Crippen molar-refractivity contribution in [1.82, 2.24) is 5.32 Å². The lowest BCUT2D eigenvalue weighted by molar-refractivity contribution is -0.277. The lowest BCUT2D eigenvalue weighted by atomic mass is 9.96. The molecule has 1 N–H and O–H groups in total. The van der Waals surface area contributed by atoms with Gasteiger partial charge in [-0.3, -0.25) is 19.2 Å². The SMILES string of the molecule is CCCO[C@@H]1O[C@H](COC(C)=O)[C@@H](OC(C)=O)[C@H](OC(C)=O)[C@H]1NC(C)=O. The Morgan fingerprint density at radius 3 is 2.00 bits per heavy atom. The standard InChI is InChI=1S/C17H27NO9/c1-6-7-23-17-14(18-9(2)19)16(26-12(5)22)15(25-11(4)21)13(27-17)8-24-10(3)20/h13-17H,6-8H2,1-5H3,(H,18,19)/t13-,14-,15-,16-,17-/m1/s1. The largest absolute Gasteiger partial charge is 0.463 e. The molecule has 0 aromatic carbocycles. The van der Waals surface area contributed by atoms with Crippen molar-refractivity contribution in [2.45, 2.75) is 71.7 Å². The fourth-order valence-corrected chi connectivity index (χ4v) is 2.67. The molecule has 1 fully saturated rings. The van der Waals surface area contributed by atoms with Crippen LogP contribution in [0.2, 0.25) is 0 Å². The topological polar surface area (TPSA) is 126 Å². The second-order valence-electron chi connectivity index (χ2n) is 6.09. The fourth-order valence-electron chi connectivity index (χ4n) is 2.67. The van der Waals surface area contributed by atoms with Gasteiger partial charge in [-0.1, -0.05) is 6.92 Å². The van der Waals surface area contributed by atoms with E-state index >= 15 is 0 Å². The molecule has 0 unspecified atom stereocenters. The molecule has 1 saturated heterocycles. The van der Waals surface area contributed by atoms with Gasteiger partial charge in [0.1, 0.15) is 18.8 Å². The monoisotopic (exact) mass is 389 g/mol. The number of rotatable bonds is 8. The predicted molar refractivity (Wildman–Crippen MR) is 90.2 cm³/mol. The summed E-state index contributed by atoms with van der Waals surface area (Å²) < 4.78 is 27.0. The molecule has 10 heteroatoms. The van der Waals surface area contributed by atoms with E-state index in [2.05, 4.69) is 5.32 Å². The summed E-state index contributed by atoms with van der Waals surface area (Å²) in [5.74, 6) is -2.26. The Morgan fingerprint density at radius 1 is 0.926 bits per heavy atom. The molecule has 27 heavy (non-hydrogen) atoms. The number of carbonyl (C=O) groups is 4. The molecular weight excluding hydrogens is 362 g/mol. The molecular formula is C17H27NO9. The second kappa shape index (κ2) is 10.8. The van der Waals surface area contributed by atoms with E-state index < -0.39 is 54.5 Å². The molecule has 0 aliphatic carbocycles. The summed E-state index contributed by atoms with van der Waals surface area (Å²) in [6, 6.07) is -0.920. The predicted octanol–water partition coefficient (Wildman–Crippen LogP) is 0.0691. The quantitative estimate of drug-likeness (QED) is 0.453. The number of nitrogens with one attached hydrogen (secondary N) is 1. The maximum absolute atomic E-state index is 11.6. The van der Waals surface area contributed by atoms with Gasteiger partial charge in [-0.05, 0) is 6.42 Å². The van der Waals surface area contributed by atoms with Crippen molar-refractivity contribution < 1.29 is 42.9 Å². The van der Waals surface area contributed by atoms with E-state index in [0.717, 1.165) is 0 Å². The summed E-state index contributed by atoms with van der Waals surface area (Å²) in [7, 11) is 0. The number of esters is 3. The molecule has 1 aliphatic heterocycles. The third-order valence-corrected chi connectivity index (χ3v) is 3.56. The molecule has 0 spiro atoms. The van der Waals surface area contributed by atoms with Crippen LogP contribution in [0.15, 0.2) is 0 Å². The highest BCUT2D eigenvalue weighted by Crippen LogP contribution is 2.28. The lowest BCUT2D eigenvalue weighted by Gasteiger charge is -2.44. The minimum absolute atomic E-state index is 0.246. The van der Waals surface area contributed by atoms with Gasteiger partial charge in [0.25, 0.3) is 0 Å². The summed E-state index contributed by atoms with van der Waals surface area (Å²) in [6.45, 7) is 6.83. The van der Waals surface area contributed by atoms with Crippen molar-refractivity contribution in [3.63, 3.8) is 0 Å². The minimum Gasteiger partial charge on any atom is -0.463 e. The van der Waals surface area contributed by atoms with Gasteiger partial charge < -0.3 is 29.0 Å². The van der Waals surface area contributed by atoms with E-state index in [9.17, 15) is 19.2 Å². The zero-order valence-corrected chi connectivity index (χ0v) is 16.2. The van der Waals surface area contributed by atoms with Gasteiger partial charge in [-0.15, -0.1) is 0 Å². The smallest absolute Gasteiger partial charge is 0.303 e. The molecule has 5 atom stereocenters. The molecule has 0 bridgehead atoms. The number of hydrogen-bond donors (Lipinski definition) is 1. The van der Waals surface area contributed by atoms with Crippen LogP contribution in [0.25, 0.3) is 0 Å². The zero-order chi connectivity index (χ0) is 20.6. The summed E-state index contributed by atoms with van der Waals surface area (Å²) in [5.41, 5.74) is 0. The van der Waals surface area contributed by atoms with Crippen LogP contribution < -0.4 is 5.32 Å². The number of carbonyl (C=O) groups excluding carboxylic acids is 4. The van der Waals surface area contributed by atoms with Gasteiger partial charge >= 0.3 is 17.9 Å². The van der Waals surface area contributed by atoms with Gasteiger partial charge in [0.15, 0.2) is 18.5 Å². The van der Waals surface area contributed by atoms with Crippen LogP contribution >= 0.6 is 0 Å². The zero-order valence-electron chi connectivity index (χ0n) is 16.2. The maximum atomic E-state index is 11.6. The average molecular weight is 389 g/mol. The first-order valence-electron chi connectivity index (χ1n) is 8.67. The van der Waals surface area contributed by atoms with Crippen molar-refractivity contribution in [1.29, 1.82) is 0 Å². The highest BCUT2D eigenvalue weighted by atomic mass is 16.7. The number of ether oxygens (including phenoxy) is 5. The van der Waals surface area contributed by atoms with Crippen LogP contribution in [0.3, 0.4) is 0 Å². The first-order valence-corrected chi connectivity index (χ1v) is 8.67. The van der Waals surface area contributed by atoms with Crippen molar-refractivity contribution in [3.05, 3.63) is 0 Å². The van der Waals surface area contributed by atoms with Crippen molar-refractivity contribution in [3.8, 4) is 0 Å². The van der Waals surface area contributed by atoms with Gasteiger partial charge in [0.05, 0.1) is 0 Å². The summed E-state index contributed by atoms with van der Waals surface area (Å²) in [6.07, 6.45) is -3.47. The van der Waals surface area contributed by atoms with Gasteiger partial charge in [0, 0.05) is 34.3 Å². The van der Waals surface area contributed by atoms with Crippen LogP contribution in [-0.2, 0) is 42.9 Å². The molecule has 154 valence electrons. The maximum Gasteiger partial charge on any atom is 0.303 e. The average Bonchev–Trinajstić information content (AvgIpc) is 2.54. The first-order chi connectivity index (χ1) is 12.6. The highest BCUT2D eigenvalue weighted by molar-refractivity contribution is 5.73. The van der Waals surface area contributed by atoms with Crippen molar-refractivity contribution in [2.75, 3.05) is 13.2 Å². The van der Waals surface area contributed by atoms with Crippen molar-refractivity contribution in [2.24, 2.45) is 0 Å². The Balaban J connectivity index is 3.22. The van der Waals surface area contributed by atoms with E-state index in [1.807, 2.05) is 6.92 Å². The number of amides is 1. The normalized spacial score (nSPS) is 27.4. The van der Waals surface area contributed by atoms with E-state index in [1.54, 1.807) is 0 Å². The Kier molecular flexibility index (Phi) is 9.16. The molecule has 1 aliphatic rings. The van der Waals surface area contributed by atoms with Crippen LogP contribution in [0, 0.1) is 0 Å². The number of hydrogen-bond acceptors (Lipinski definition) is 9. The molecule has 1 amide bonds. The summed E-state index contributed by atoms with van der Waals surface area (Å²) in [4.78, 5) is 46.0. The summed E-state index contributed by atoms with van der Waals surface area (Å²) >= 11 is 0. The molecule has 1 heterocycles. The Labute approximate surface area is 157 Å². The molecule has 0 radical (unpaired) electrons. The van der Waals surface area contributed by atoms with Crippen LogP contribution in [0.5, 0.6) is 0 Å². The van der Waals surface area contributed by atoms with Gasteiger partial charge in [-0.25, -0.2) is 0 Å². The van der Waals surface area contributed by atoms with E-state index in [-0.39, 0.29) is 6.61 Å². The lowest BCUT2D eigenvalue weighted by Crippen LogP contribution is -2.66. The highest BCUT2D eigenvalue weighted by Gasteiger charge is 2.51. The van der Waals surface area contributed by atoms with Crippen LogP contribution in [0.4, 0.5) is 0 Å². The molecule has 1 rings (SSSR count). The van der Waals surface area contributed by atoms with Gasteiger partial charge in [-0.2, -0.15) is 0 Å². The third-order valence-electron chi connectivity index (χ3n) is 3.56. The van der Waals surface area contributed by atoms with Crippen LogP contribution in [0.1, 0.15) is 41.0 Å². The third kappa shape index (κ3) is 7.51. The van der Waals surface area contributed by atoms with Crippen molar-refractivity contribution >= 4 is 23.8 Å². The summed E-state index contributed by atoms with van der Waals surface area (Å²) in [5, 5.41) is 2.62. The van der Waals surface area contributed by atoms with E-state index in [4.69, 9.17) is 23.7 Å². The molecule has 10 nitrogen and oxygen atoms in total. The molecule has 0 aromatic heterocycles. The van der Waals surface area contributed by atoms with E-state index in [0.29, 0.717) is 13.0 Å². The molecule has 0 saturated carbocycles. The molecule has 0 aromatic rings. The Bertz CT molecular complexity index is 551. The Morgan fingerprint density at radius 2 is 1.52 bits per heavy atom. The minimum atomic E-state index is -1.11. The van der Waals surface area contributed by atoms with Crippen LogP contribution in [-0.4, -0.2) is 67.7 Å². The fraction of sp³-hybridized carbons (Fsp3) is 0.765. The van der Waals surface area contributed by atoms with E-state index in [1.165, 1.54) is 27.7 Å². The second-order valence-corrected chi connectivity index (χ2v) is 6.09. The first kappa shape index (κ1) is 22.8. The van der Waals surface area contributed by atoms with Gasteiger partial charge in [0.2, 0.25) is 5.91 Å².